The first kappa shape index (κ1) is 14.9. The van der Waals surface area contributed by atoms with Crippen molar-refractivity contribution in [2.75, 3.05) is 0 Å². The number of nitrogens with zero attached hydrogens (tertiary/aromatic N) is 1. The molecule has 1 heterocycles. The van der Waals surface area contributed by atoms with Crippen LogP contribution < -0.4 is 5.32 Å². The van der Waals surface area contributed by atoms with Gasteiger partial charge in [0.15, 0.2) is 5.76 Å². The standard InChI is InChI=1S/C20H26N2O/c1-13-17-9-15(20(17,2)3)10-18(13)21-12-16-11-19(23-22-16)14-7-5-4-6-8-14/h4-8,11,13,15,17-18,21H,9-10,12H2,1-3H3/t13-,15+,17-,18?/m1/s1. The third kappa shape index (κ3) is 2.51. The zero-order valence-electron chi connectivity index (χ0n) is 14.3. The van der Waals surface area contributed by atoms with Gasteiger partial charge in [-0.3, -0.25) is 0 Å². The van der Waals surface area contributed by atoms with Gasteiger partial charge in [-0.15, -0.1) is 0 Å². The number of fused-ring (bicyclic) bond motifs is 2. The molecule has 3 saturated carbocycles. The van der Waals surface area contributed by atoms with E-state index in [1.165, 1.54) is 12.8 Å². The van der Waals surface area contributed by atoms with Gasteiger partial charge in [0.25, 0.3) is 0 Å². The Labute approximate surface area is 138 Å². The molecule has 3 nitrogen and oxygen atoms in total. The molecule has 0 spiro atoms. The predicted octanol–water partition coefficient (Wildman–Crippen LogP) is 4.50. The normalized spacial score (nSPS) is 31.6. The molecule has 0 aliphatic heterocycles. The van der Waals surface area contributed by atoms with Crippen LogP contribution in [0, 0.1) is 23.2 Å². The Hall–Kier alpha value is -1.61. The van der Waals surface area contributed by atoms with Crippen molar-refractivity contribution in [2.45, 2.75) is 46.2 Å². The third-order valence-corrected chi connectivity index (χ3v) is 6.52. The first-order chi connectivity index (χ1) is 11.1. The summed E-state index contributed by atoms with van der Waals surface area (Å²) < 4.78 is 5.49. The minimum Gasteiger partial charge on any atom is -0.356 e. The quantitative estimate of drug-likeness (QED) is 0.903. The fraction of sp³-hybridized carbons (Fsp3) is 0.550. The summed E-state index contributed by atoms with van der Waals surface area (Å²) in [6.07, 6.45) is 2.72. The van der Waals surface area contributed by atoms with E-state index in [9.17, 15) is 0 Å². The van der Waals surface area contributed by atoms with Crippen LogP contribution in [-0.4, -0.2) is 11.2 Å². The van der Waals surface area contributed by atoms with Crippen molar-refractivity contribution in [3.8, 4) is 11.3 Å². The van der Waals surface area contributed by atoms with Crippen LogP contribution in [0.25, 0.3) is 11.3 Å². The van der Waals surface area contributed by atoms with E-state index in [-0.39, 0.29) is 0 Å². The molecule has 1 aromatic heterocycles. The highest BCUT2D eigenvalue weighted by Gasteiger charge is 2.55. The Balaban J connectivity index is 1.38. The van der Waals surface area contributed by atoms with Gasteiger partial charge in [0.1, 0.15) is 0 Å². The summed E-state index contributed by atoms with van der Waals surface area (Å²) in [6, 6.07) is 12.8. The second-order valence-corrected chi connectivity index (χ2v) is 7.99. The van der Waals surface area contributed by atoms with Gasteiger partial charge >= 0.3 is 0 Å². The Kier molecular flexibility index (Phi) is 3.56. The van der Waals surface area contributed by atoms with Crippen molar-refractivity contribution in [1.29, 1.82) is 0 Å². The maximum absolute atomic E-state index is 5.49. The number of rotatable bonds is 4. The highest BCUT2D eigenvalue weighted by atomic mass is 16.5. The highest BCUT2D eigenvalue weighted by molar-refractivity contribution is 5.56. The van der Waals surface area contributed by atoms with Gasteiger partial charge in [-0.1, -0.05) is 56.3 Å². The number of hydrogen-bond acceptors (Lipinski definition) is 3. The first-order valence-electron chi connectivity index (χ1n) is 8.80. The molecule has 3 aliphatic rings. The summed E-state index contributed by atoms with van der Waals surface area (Å²) in [4.78, 5) is 0. The molecule has 2 aromatic rings. The molecule has 2 bridgehead atoms. The van der Waals surface area contributed by atoms with Crippen LogP contribution in [0.5, 0.6) is 0 Å². The zero-order chi connectivity index (χ0) is 16.0. The van der Waals surface area contributed by atoms with Crippen LogP contribution in [0.15, 0.2) is 40.9 Å². The minimum atomic E-state index is 0.548. The molecule has 1 aromatic carbocycles. The molecule has 5 rings (SSSR count). The van der Waals surface area contributed by atoms with Crippen LogP contribution in [0.4, 0.5) is 0 Å². The van der Waals surface area contributed by atoms with Crippen LogP contribution in [0.2, 0.25) is 0 Å². The van der Waals surface area contributed by atoms with Crippen molar-refractivity contribution >= 4 is 0 Å². The molecule has 3 heteroatoms. The topological polar surface area (TPSA) is 38.1 Å². The molecule has 3 aliphatic carbocycles. The number of aromatic nitrogens is 1. The minimum absolute atomic E-state index is 0.548. The van der Waals surface area contributed by atoms with Crippen LogP contribution >= 0.6 is 0 Å². The van der Waals surface area contributed by atoms with E-state index in [0.717, 1.165) is 41.3 Å². The van der Waals surface area contributed by atoms with E-state index >= 15 is 0 Å². The SMILES string of the molecule is C[C@H]1C(NCc2cc(-c3ccccc3)on2)C[C@@H]2C[C@H]1C2(C)C. The van der Waals surface area contributed by atoms with Crippen molar-refractivity contribution in [3.05, 3.63) is 42.1 Å². The molecular formula is C20H26N2O. The second-order valence-electron chi connectivity index (χ2n) is 7.99. The van der Waals surface area contributed by atoms with Crippen molar-refractivity contribution in [3.63, 3.8) is 0 Å². The molecule has 0 saturated heterocycles. The highest BCUT2D eigenvalue weighted by Crippen LogP contribution is 2.61. The molecule has 23 heavy (non-hydrogen) atoms. The summed E-state index contributed by atoms with van der Waals surface area (Å²) in [5.74, 6) is 3.35. The van der Waals surface area contributed by atoms with Crippen LogP contribution in [0.1, 0.15) is 39.3 Å². The van der Waals surface area contributed by atoms with Crippen LogP contribution in [-0.2, 0) is 6.54 Å². The van der Waals surface area contributed by atoms with Gasteiger partial charge in [-0.2, -0.15) is 0 Å². The molecule has 3 fully saturated rings. The van der Waals surface area contributed by atoms with Gasteiger partial charge in [0, 0.05) is 24.2 Å². The smallest absolute Gasteiger partial charge is 0.167 e. The van der Waals surface area contributed by atoms with Crippen molar-refractivity contribution in [1.82, 2.24) is 10.5 Å². The molecule has 0 radical (unpaired) electrons. The Morgan fingerprint density at radius 3 is 2.70 bits per heavy atom. The Morgan fingerprint density at radius 1 is 1.22 bits per heavy atom. The number of benzene rings is 1. The van der Waals surface area contributed by atoms with Gasteiger partial charge in [-0.25, -0.2) is 0 Å². The maximum atomic E-state index is 5.49. The lowest BCUT2D eigenvalue weighted by molar-refractivity contribution is -0.115. The Bertz CT molecular complexity index is 676. The number of nitrogens with one attached hydrogen (secondary N) is 1. The Morgan fingerprint density at radius 2 is 2.00 bits per heavy atom. The summed E-state index contributed by atoms with van der Waals surface area (Å²) in [7, 11) is 0. The molecule has 122 valence electrons. The molecule has 1 N–H and O–H groups in total. The summed E-state index contributed by atoms with van der Waals surface area (Å²) in [6.45, 7) is 8.10. The zero-order valence-corrected chi connectivity index (χ0v) is 14.3. The first-order valence-corrected chi connectivity index (χ1v) is 8.80. The van der Waals surface area contributed by atoms with Crippen molar-refractivity contribution in [2.24, 2.45) is 23.2 Å². The number of hydrogen-bond donors (Lipinski definition) is 1. The van der Waals surface area contributed by atoms with Gasteiger partial charge in [-0.05, 0) is 36.0 Å². The fourth-order valence-electron chi connectivity index (χ4n) is 4.79. The fourth-order valence-corrected chi connectivity index (χ4v) is 4.79. The summed E-state index contributed by atoms with van der Waals surface area (Å²) >= 11 is 0. The lowest BCUT2D eigenvalue weighted by Gasteiger charge is -2.62. The van der Waals surface area contributed by atoms with E-state index in [0.29, 0.717) is 11.5 Å². The second kappa shape index (κ2) is 5.48. The maximum Gasteiger partial charge on any atom is 0.167 e. The van der Waals surface area contributed by atoms with E-state index in [2.05, 4.69) is 49.4 Å². The molecule has 4 atom stereocenters. The van der Waals surface area contributed by atoms with Gasteiger partial charge in [0.05, 0.1) is 5.69 Å². The lowest BCUT2D eigenvalue weighted by atomic mass is 9.45. The van der Waals surface area contributed by atoms with Gasteiger partial charge in [0.2, 0.25) is 0 Å². The molecule has 1 unspecified atom stereocenters. The van der Waals surface area contributed by atoms with Crippen LogP contribution in [0.3, 0.4) is 0 Å². The van der Waals surface area contributed by atoms with E-state index in [4.69, 9.17) is 4.52 Å². The summed E-state index contributed by atoms with van der Waals surface area (Å²) in [5, 5.41) is 7.95. The van der Waals surface area contributed by atoms with Crippen molar-refractivity contribution < 1.29 is 4.52 Å². The van der Waals surface area contributed by atoms with E-state index in [1.54, 1.807) is 0 Å². The monoisotopic (exact) mass is 310 g/mol. The average molecular weight is 310 g/mol. The third-order valence-electron chi connectivity index (χ3n) is 6.52. The summed E-state index contributed by atoms with van der Waals surface area (Å²) in [5.41, 5.74) is 2.63. The molecule has 0 amide bonds. The average Bonchev–Trinajstić information content (AvgIpc) is 3.03. The molecular weight excluding hydrogens is 284 g/mol. The predicted molar refractivity (Wildman–Crippen MR) is 91.7 cm³/mol. The largest absolute Gasteiger partial charge is 0.356 e. The lowest BCUT2D eigenvalue weighted by Crippen LogP contribution is -2.59. The van der Waals surface area contributed by atoms with E-state index < -0.39 is 0 Å². The van der Waals surface area contributed by atoms with Gasteiger partial charge < -0.3 is 9.84 Å². The van der Waals surface area contributed by atoms with E-state index in [1.807, 2.05) is 18.2 Å².